The standard InChI is InChI=1S/C16H21N3O/c1-10-6-11(2)13-8-15(18-14(13)7-10)16(20)17-12-4-5-19(3)9-12/h6-8,12,18H,4-5,9H2,1-3H3,(H,17,20). The molecule has 1 aliphatic rings. The summed E-state index contributed by atoms with van der Waals surface area (Å²) in [5.41, 5.74) is 4.11. The van der Waals surface area contributed by atoms with Crippen molar-refractivity contribution in [3.8, 4) is 0 Å². The SMILES string of the molecule is Cc1cc(C)c2cc(C(=O)NC3CCN(C)C3)[nH]c2c1. The number of rotatable bonds is 2. The molecule has 1 saturated heterocycles. The minimum Gasteiger partial charge on any atom is -0.351 e. The lowest BCUT2D eigenvalue weighted by Crippen LogP contribution is -2.36. The van der Waals surface area contributed by atoms with E-state index in [0.29, 0.717) is 5.69 Å². The van der Waals surface area contributed by atoms with Crippen molar-refractivity contribution in [2.45, 2.75) is 26.3 Å². The van der Waals surface area contributed by atoms with Gasteiger partial charge in [-0.1, -0.05) is 6.07 Å². The quantitative estimate of drug-likeness (QED) is 0.880. The summed E-state index contributed by atoms with van der Waals surface area (Å²) in [4.78, 5) is 17.8. The van der Waals surface area contributed by atoms with E-state index in [1.807, 2.05) is 6.07 Å². The van der Waals surface area contributed by atoms with Gasteiger partial charge in [0.15, 0.2) is 0 Å². The Morgan fingerprint density at radius 2 is 2.15 bits per heavy atom. The molecule has 0 saturated carbocycles. The second kappa shape index (κ2) is 4.94. The highest BCUT2D eigenvalue weighted by Crippen LogP contribution is 2.21. The fourth-order valence-electron chi connectivity index (χ4n) is 3.04. The minimum atomic E-state index is -0.00134. The highest BCUT2D eigenvalue weighted by molar-refractivity contribution is 5.99. The molecule has 1 unspecified atom stereocenters. The maximum atomic E-state index is 12.3. The molecule has 1 aromatic carbocycles. The molecule has 1 amide bonds. The Kier molecular flexibility index (Phi) is 3.26. The largest absolute Gasteiger partial charge is 0.351 e. The number of aromatic amines is 1. The predicted octanol–water partition coefficient (Wildman–Crippen LogP) is 2.22. The summed E-state index contributed by atoms with van der Waals surface area (Å²) in [6, 6.07) is 6.45. The number of fused-ring (bicyclic) bond motifs is 1. The third-order valence-corrected chi connectivity index (χ3v) is 4.06. The third-order valence-electron chi connectivity index (χ3n) is 4.06. The van der Waals surface area contributed by atoms with Crippen molar-refractivity contribution < 1.29 is 4.79 Å². The molecule has 20 heavy (non-hydrogen) atoms. The first-order valence-electron chi connectivity index (χ1n) is 7.12. The molecular formula is C16H21N3O. The van der Waals surface area contributed by atoms with Gasteiger partial charge in [-0.25, -0.2) is 0 Å². The van der Waals surface area contributed by atoms with Crippen LogP contribution in [0.4, 0.5) is 0 Å². The lowest BCUT2D eigenvalue weighted by atomic mass is 10.1. The van der Waals surface area contributed by atoms with E-state index >= 15 is 0 Å². The molecule has 4 heteroatoms. The molecule has 0 spiro atoms. The number of benzene rings is 1. The highest BCUT2D eigenvalue weighted by Gasteiger charge is 2.22. The van der Waals surface area contributed by atoms with Crippen molar-refractivity contribution >= 4 is 16.8 Å². The Morgan fingerprint density at radius 1 is 1.35 bits per heavy atom. The van der Waals surface area contributed by atoms with Crippen LogP contribution in [0.15, 0.2) is 18.2 Å². The van der Waals surface area contributed by atoms with Crippen LogP contribution in [0.25, 0.3) is 10.9 Å². The molecular weight excluding hydrogens is 250 g/mol. The van der Waals surface area contributed by atoms with Crippen molar-refractivity contribution in [1.82, 2.24) is 15.2 Å². The van der Waals surface area contributed by atoms with Crippen molar-refractivity contribution in [2.24, 2.45) is 0 Å². The molecule has 1 aromatic heterocycles. The van der Waals surface area contributed by atoms with Gasteiger partial charge in [0, 0.05) is 23.5 Å². The second-order valence-corrected chi connectivity index (χ2v) is 5.95. The van der Waals surface area contributed by atoms with Crippen LogP contribution in [0.2, 0.25) is 0 Å². The molecule has 4 nitrogen and oxygen atoms in total. The molecule has 1 aliphatic heterocycles. The van der Waals surface area contributed by atoms with Crippen molar-refractivity contribution in [3.63, 3.8) is 0 Å². The number of aromatic nitrogens is 1. The van der Waals surface area contributed by atoms with E-state index in [9.17, 15) is 4.79 Å². The Labute approximate surface area is 119 Å². The molecule has 106 valence electrons. The zero-order valence-electron chi connectivity index (χ0n) is 12.3. The molecule has 0 bridgehead atoms. The van der Waals surface area contributed by atoms with E-state index < -0.39 is 0 Å². The summed E-state index contributed by atoms with van der Waals surface area (Å²) in [5.74, 6) is -0.00134. The van der Waals surface area contributed by atoms with E-state index in [1.54, 1.807) is 0 Å². The molecule has 2 heterocycles. The maximum absolute atomic E-state index is 12.3. The number of hydrogen-bond donors (Lipinski definition) is 2. The van der Waals surface area contributed by atoms with Crippen LogP contribution in [0.1, 0.15) is 28.0 Å². The fraction of sp³-hybridized carbons (Fsp3) is 0.438. The van der Waals surface area contributed by atoms with Crippen LogP contribution in [0, 0.1) is 13.8 Å². The van der Waals surface area contributed by atoms with Crippen molar-refractivity contribution in [3.05, 3.63) is 35.0 Å². The molecule has 0 radical (unpaired) electrons. The average Bonchev–Trinajstić information content (AvgIpc) is 2.95. The monoisotopic (exact) mass is 271 g/mol. The molecule has 1 atom stereocenters. The van der Waals surface area contributed by atoms with E-state index in [2.05, 4.69) is 48.2 Å². The zero-order chi connectivity index (χ0) is 14.3. The summed E-state index contributed by atoms with van der Waals surface area (Å²) >= 11 is 0. The number of aryl methyl sites for hydroxylation is 2. The van der Waals surface area contributed by atoms with Gasteiger partial charge in [-0.2, -0.15) is 0 Å². The number of carbonyl (C=O) groups is 1. The van der Waals surface area contributed by atoms with Crippen LogP contribution in [0.5, 0.6) is 0 Å². The Bertz CT molecular complexity index is 659. The van der Waals surface area contributed by atoms with E-state index in [-0.39, 0.29) is 11.9 Å². The Hall–Kier alpha value is -1.81. The number of likely N-dealkylation sites (tertiary alicyclic amines) is 1. The van der Waals surface area contributed by atoms with Gasteiger partial charge in [0.2, 0.25) is 0 Å². The summed E-state index contributed by atoms with van der Waals surface area (Å²) in [6.45, 7) is 6.14. The summed E-state index contributed by atoms with van der Waals surface area (Å²) in [6.07, 6.45) is 1.03. The number of likely N-dealkylation sites (N-methyl/N-ethyl adjacent to an activating group) is 1. The molecule has 3 rings (SSSR count). The molecule has 1 fully saturated rings. The van der Waals surface area contributed by atoms with Crippen LogP contribution in [-0.2, 0) is 0 Å². The van der Waals surface area contributed by atoms with Gasteiger partial charge in [-0.15, -0.1) is 0 Å². The number of H-pyrrole nitrogens is 1. The first-order valence-corrected chi connectivity index (χ1v) is 7.12. The fourth-order valence-corrected chi connectivity index (χ4v) is 3.04. The lowest BCUT2D eigenvalue weighted by molar-refractivity contribution is 0.0934. The Morgan fingerprint density at radius 3 is 2.85 bits per heavy atom. The number of nitrogens with one attached hydrogen (secondary N) is 2. The maximum Gasteiger partial charge on any atom is 0.267 e. The number of hydrogen-bond acceptors (Lipinski definition) is 2. The van der Waals surface area contributed by atoms with E-state index in [0.717, 1.165) is 30.4 Å². The van der Waals surface area contributed by atoms with Gasteiger partial charge >= 0.3 is 0 Å². The van der Waals surface area contributed by atoms with E-state index in [1.165, 1.54) is 11.1 Å². The molecule has 2 aromatic rings. The van der Waals surface area contributed by atoms with Crippen LogP contribution in [0.3, 0.4) is 0 Å². The average molecular weight is 271 g/mol. The molecule has 2 N–H and O–H groups in total. The normalized spacial score (nSPS) is 19.6. The first-order chi connectivity index (χ1) is 9.52. The topological polar surface area (TPSA) is 48.1 Å². The van der Waals surface area contributed by atoms with Crippen molar-refractivity contribution in [1.29, 1.82) is 0 Å². The minimum absolute atomic E-state index is 0.00134. The number of amides is 1. The predicted molar refractivity (Wildman–Crippen MR) is 81.1 cm³/mol. The van der Waals surface area contributed by atoms with Gasteiger partial charge in [0.1, 0.15) is 5.69 Å². The Balaban J connectivity index is 1.83. The summed E-state index contributed by atoms with van der Waals surface area (Å²) in [7, 11) is 2.08. The number of nitrogens with zero attached hydrogens (tertiary/aromatic N) is 1. The number of carbonyl (C=O) groups excluding carboxylic acids is 1. The van der Waals surface area contributed by atoms with Crippen LogP contribution >= 0.6 is 0 Å². The van der Waals surface area contributed by atoms with Crippen molar-refractivity contribution in [2.75, 3.05) is 20.1 Å². The van der Waals surface area contributed by atoms with Crippen LogP contribution < -0.4 is 5.32 Å². The summed E-state index contributed by atoms with van der Waals surface area (Å²) in [5, 5.41) is 4.24. The van der Waals surface area contributed by atoms with Gasteiger partial charge < -0.3 is 15.2 Å². The lowest BCUT2D eigenvalue weighted by Gasteiger charge is -2.11. The van der Waals surface area contributed by atoms with Gasteiger partial charge in [0.05, 0.1) is 0 Å². The highest BCUT2D eigenvalue weighted by atomic mass is 16.1. The van der Waals surface area contributed by atoms with Gasteiger partial charge in [-0.3, -0.25) is 4.79 Å². The smallest absolute Gasteiger partial charge is 0.267 e. The van der Waals surface area contributed by atoms with Gasteiger partial charge in [-0.05, 0) is 57.1 Å². The zero-order valence-corrected chi connectivity index (χ0v) is 12.3. The summed E-state index contributed by atoms with van der Waals surface area (Å²) < 4.78 is 0. The third kappa shape index (κ3) is 2.43. The van der Waals surface area contributed by atoms with E-state index in [4.69, 9.17) is 0 Å². The molecule has 0 aliphatic carbocycles. The van der Waals surface area contributed by atoms with Crippen LogP contribution in [-0.4, -0.2) is 42.0 Å². The second-order valence-electron chi connectivity index (χ2n) is 5.95. The first kappa shape index (κ1) is 13.2. The van der Waals surface area contributed by atoms with Gasteiger partial charge in [0.25, 0.3) is 5.91 Å².